The SMILES string of the molecule is C=CC=CCCCC=C. The average Bonchev–Trinajstić information content (AvgIpc) is 1.89. The fourth-order valence-corrected chi connectivity index (χ4v) is 0.572. The van der Waals surface area contributed by atoms with E-state index in [2.05, 4.69) is 19.2 Å². The maximum absolute atomic E-state index is 3.63. The second-order valence-electron chi connectivity index (χ2n) is 1.88. The third-order valence-electron chi connectivity index (χ3n) is 1.05. The third kappa shape index (κ3) is 7.22. The van der Waals surface area contributed by atoms with Crippen LogP contribution in [0, 0.1) is 0 Å². The Hall–Kier alpha value is -0.780. The van der Waals surface area contributed by atoms with Crippen molar-refractivity contribution in [1.82, 2.24) is 0 Å². The maximum atomic E-state index is 3.63. The van der Waals surface area contributed by atoms with Crippen LogP contribution in [0.15, 0.2) is 37.5 Å². The molecule has 0 fully saturated rings. The molecule has 0 rings (SSSR count). The van der Waals surface area contributed by atoms with Crippen LogP contribution >= 0.6 is 0 Å². The first-order chi connectivity index (χ1) is 4.41. The lowest BCUT2D eigenvalue weighted by molar-refractivity contribution is 0.870. The monoisotopic (exact) mass is 122 g/mol. The minimum atomic E-state index is 1.11. The van der Waals surface area contributed by atoms with Gasteiger partial charge in [-0.15, -0.1) is 6.58 Å². The highest BCUT2D eigenvalue weighted by atomic mass is 13.8. The van der Waals surface area contributed by atoms with E-state index in [9.17, 15) is 0 Å². The molecule has 50 valence electrons. The number of unbranched alkanes of at least 4 members (excludes halogenated alkanes) is 2. The van der Waals surface area contributed by atoms with Crippen molar-refractivity contribution in [2.75, 3.05) is 0 Å². The first-order valence-electron chi connectivity index (χ1n) is 3.30. The number of rotatable bonds is 5. The first kappa shape index (κ1) is 8.22. The summed E-state index contributed by atoms with van der Waals surface area (Å²) in [5, 5.41) is 0. The molecule has 0 radical (unpaired) electrons. The predicted molar refractivity (Wildman–Crippen MR) is 43.4 cm³/mol. The Kier molecular flexibility index (Phi) is 6.59. The lowest BCUT2D eigenvalue weighted by Gasteiger charge is -1.86. The molecule has 0 aliphatic rings. The molecule has 0 aliphatic carbocycles. The second-order valence-corrected chi connectivity index (χ2v) is 1.88. The Labute approximate surface area is 57.6 Å². The van der Waals surface area contributed by atoms with Crippen molar-refractivity contribution in [3.05, 3.63) is 37.5 Å². The van der Waals surface area contributed by atoms with Gasteiger partial charge in [-0.05, 0) is 19.3 Å². The minimum absolute atomic E-state index is 1.11. The summed E-state index contributed by atoms with van der Waals surface area (Å²) in [7, 11) is 0. The molecule has 0 amide bonds. The van der Waals surface area contributed by atoms with Gasteiger partial charge in [0.2, 0.25) is 0 Å². The zero-order valence-corrected chi connectivity index (χ0v) is 5.84. The highest BCUT2D eigenvalue weighted by Gasteiger charge is 1.76. The lowest BCUT2D eigenvalue weighted by Crippen LogP contribution is -1.66. The molecule has 0 spiro atoms. The minimum Gasteiger partial charge on any atom is -0.103 e. The van der Waals surface area contributed by atoms with Crippen LogP contribution in [0.2, 0.25) is 0 Å². The predicted octanol–water partition coefficient (Wildman–Crippen LogP) is 3.08. The van der Waals surface area contributed by atoms with Crippen LogP contribution in [0.3, 0.4) is 0 Å². The maximum Gasteiger partial charge on any atom is -0.0345 e. The van der Waals surface area contributed by atoms with E-state index in [4.69, 9.17) is 0 Å². The first-order valence-corrected chi connectivity index (χ1v) is 3.30. The summed E-state index contributed by atoms with van der Waals surface area (Å²) in [5.41, 5.74) is 0. The van der Waals surface area contributed by atoms with Crippen LogP contribution in [0.25, 0.3) is 0 Å². The van der Waals surface area contributed by atoms with Crippen LogP contribution in [0.1, 0.15) is 19.3 Å². The topological polar surface area (TPSA) is 0 Å². The fourth-order valence-electron chi connectivity index (χ4n) is 0.572. The molecule has 0 aromatic rings. The lowest BCUT2D eigenvalue weighted by atomic mass is 10.2. The summed E-state index contributed by atoms with van der Waals surface area (Å²) in [6.07, 6.45) is 11.3. The molecule has 0 saturated heterocycles. The summed E-state index contributed by atoms with van der Waals surface area (Å²) in [4.78, 5) is 0. The van der Waals surface area contributed by atoms with Crippen molar-refractivity contribution in [1.29, 1.82) is 0 Å². The fraction of sp³-hybridized carbons (Fsp3) is 0.333. The van der Waals surface area contributed by atoms with E-state index < -0.39 is 0 Å². The molecular formula is C9H14. The molecule has 0 aromatic heterocycles. The van der Waals surface area contributed by atoms with Crippen molar-refractivity contribution >= 4 is 0 Å². The Morgan fingerprint density at radius 3 is 2.44 bits per heavy atom. The van der Waals surface area contributed by atoms with Crippen molar-refractivity contribution in [3.63, 3.8) is 0 Å². The van der Waals surface area contributed by atoms with E-state index in [0.717, 1.165) is 12.8 Å². The third-order valence-corrected chi connectivity index (χ3v) is 1.05. The largest absolute Gasteiger partial charge is 0.103 e. The van der Waals surface area contributed by atoms with Gasteiger partial charge in [0.15, 0.2) is 0 Å². The van der Waals surface area contributed by atoms with Gasteiger partial charge in [0.1, 0.15) is 0 Å². The molecule has 0 saturated carbocycles. The van der Waals surface area contributed by atoms with E-state index >= 15 is 0 Å². The quantitative estimate of drug-likeness (QED) is 0.298. The van der Waals surface area contributed by atoms with E-state index in [1.54, 1.807) is 6.08 Å². The molecule has 0 aliphatic heterocycles. The number of allylic oxidation sites excluding steroid dienone is 4. The Morgan fingerprint density at radius 2 is 1.89 bits per heavy atom. The van der Waals surface area contributed by atoms with Crippen LogP contribution in [-0.2, 0) is 0 Å². The summed E-state index contributed by atoms with van der Waals surface area (Å²) in [6.45, 7) is 7.21. The van der Waals surface area contributed by atoms with E-state index in [1.165, 1.54) is 6.42 Å². The van der Waals surface area contributed by atoms with Crippen LogP contribution in [-0.4, -0.2) is 0 Å². The summed E-state index contributed by atoms with van der Waals surface area (Å²) in [6, 6.07) is 0. The van der Waals surface area contributed by atoms with Crippen LogP contribution in [0.5, 0.6) is 0 Å². The number of hydrogen-bond donors (Lipinski definition) is 0. The zero-order chi connectivity index (χ0) is 6.95. The van der Waals surface area contributed by atoms with Gasteiger partial charge in [0, 0.05) is 0 Å². The zero-order valence-electron chi connectivity index (χ0n) is 5.84. The van der Waals surface area contributed by atoms with Gasteiger partial charge in [0.25, 0.3) is 0 Å². The van der Waals surface area contributed by atoms with Crippen molar-refractivity contribution in [2.24, 2.45) is 0 Å². The van der Waals surface area contributed by atoms with Gasteiger partial charge in [-0.2, -0.15) is 0 Å². The molecule has 0 atom stereocenters. The smallest absolute Gasteiger partial charge is 0.0345 e. The second kappa shape index (κ2) is 7.22. The highest BCUT2D eigenvalue weighted by molar-refractivity contribution is 4.96. The molecule has 0 N–H and O–H groups in total. The van der Waals surface area contributed by atoms with Gasteiger partial charge < -0.3 is 0 Å². The van der Waals surface area contributed by atoms with Gasteiger partial charge in [-0.25, -0.2) is 0 Å². The van der Waals surface area contributed by atoms with Crippen molar-refractivity contribution in [2.45, 2.75) is 19.3 Å². The Bertz CT molecular complexity index is 98.6. The molecule has 0 nitrogen and oxygen atoms in total. The molecule has 0 heteroatoms. The van der Waals surface area contributed by atoms with E-state index in [1.807, 2.05) is 12.2 Å². The number of hydrogen-bond acceptors (Lipinski definition) is 0. The standard InChI is InChI=1S/C9H14/c1-3-5-7-9-8-6-4-2/h3-5,7H,1-2,6,8-9H2. The van der Waals surface area contributed by atoms with Crippen LogP contribution in [0.4, 0.5) is 0 Å². The Balaban J connectivity index is 2.98. The van der Waals surface area contributed by atoms with E-state index in [-0.39, 0.29) is 0 Å². The van der Waals surface area contributed by atoms with Gasteiger partial charge in [-0.3, -0.25) is 0 Å². The summed E-state index contributed by atoms with van der Waals surface area (Å²) >= 11 is 0. The molecule has 0 aromatic carbocycles. The highest BCUT2D eigenvalue weighted by Crippen LogP contribution is 1.95. The van der Waals surface area contributed by atoms with Crippen molar-refractivity contribution < 1.29 is 0 Å². The molecule has 0 unspecified atom stereocenters. The summed E-state index contributed by atoms with van der Waals surface area (Å²) in [5.74, 6) is 0. The van der Waals surface area contributed by atoms with Gasteiger partial charge >= 0.3 is 0 Å². The normalized spacial score (nSPS) is 9.78. The molecule has 0 bridgehead atoms. The Morgan fingerprint density at radius 1 is 1.11 bits per heavy atom. The van der Waals surface area contributed by atoms with Gasteiger partial charge in [-0.1, -0.05) is 30.9 Å². The van der Waals surface area contributed by atoms with E-state index in [0.29, 0.717) is 0 Å². The van der Waals surface area contributed by atoms with Crippen molar-refractivity contribution in [3.8, 4) is 0 Å². The van der Waals surface area contributed by atoms with Crippen LogP contribution < -0.4 is 0 Å². The molecular weight excluding hydrogens is 108 g/mol. The molecule has 0 heterocycles. The summed E-state index contributed by atoms with van der Waals surface area (Å²) < 4.78 is 0. The molecule has 9 heavy (non-hydrogen) atoms. The van der Waals surface area contributed by atoms with Gasteiger partial charge in [0.05, 0.1) is 0 Å². The average molecular weight is 122 g/mol.